The number of aromatic nitrogens is 3. The zero-order valence-corrected chi connectivity index (χ0v) is 17.9. The lowest BCUT2D eigenvalue weighted by Gasteiger charge is -2.07. The van der Waals surface area contributed by atoms with Crippen LogP contribution < -0.4 is 16.2 Å². The minimum Gasteiger partial charge on any atom is -0.344 e. The number of nitrogens with zero attached hydrogens (tertiary/aromatic N) is 3. The second-order valence-corrected chi connectivity index (χ2v) is 8.25. The molecule has 0 aromatic carbocycles. The molecule has 3 heterocycles. The zero-order valence-electron chi connectivity index (χ0n) is 16.3. The summed E-state index contributed by atoms with van der Waals surface area (Å²) in [4.78, 5) is 60.4. The van der Waals surface area contributed by atoms with Crippen LogP contribution >= 0.6 is 22.7 Å². The monoisotopic (exact) mass is 446 g/mol. The van der Waals surface area contributed by atoms with E-state index in [-0.39, 0.29) is 29.4 Å². The molecule has 3 rings (SSSR count). The third-order valence-corrected chi connectivity index (χ3v) is 5.67. The molecule has 12 heteroatoms. The molecule has 0 aliphatic carbocycles. The molecule has 0 atom stereocenters. The summed E-state index contributed by atoms with van der Waals surface area (Å²) in [6.07, 6.45) is 1.30. The first-order valence-electron chi connectivity index (χ1n) is 8.66. The number of nitrogens with one attached hydrogen (secondary N) is 3. The minimum atomic E-state index is -0.423. The van der Waals surface area contributed by atoms with Gasteiger partial charge in [-0.1, -0.05) is 11.3 Å². The summed E-state index contributed by atoms with van der Waals surface area (Å²) in [5.74, 6) is -0.933. The molecule has 0 bridgehead atoms. The molecule has 0 aliphatic rings. The first kappa shape index (κ1) is 21.3. The third kappa shape index (κ3) is 5.15. The van der Waals surface area contributed by atoms with Gasteiger partial charge >= 0.3 is 0 Å². The first-order chi connectivity index (χ1) is 14.2. The number of thiazole rings is 2. The molecule has 30 heavy (non-hydrogen) atoms. The Morgan fingerprint density at radius 2 is 1.90 bits per heavy atom. The van der Waals surface area contributed by atoms with Crippen LogP contribution in [0.4, 0.5) is 10.3 Å². The second-order valence-electron chi connectivity index (χ2n) is 6.40. The molecule has 156 valence electrons. The molecule has 3 amide bonds. The van der Waals surface area contributed by atoms with Crippen LogP contribution in [0, 0.1) is 6.92 Å². The van der Waals surface area contributed by atoms with E-state index in [1.54, 1.807) is 26.4 Å². The molecule has 10 nitrogen and oxygen atoms in total. The number of aromatic amines is 1. The lowest BCUT2D eigenvalue weighted by Crippen LogP contribution is -2.21. The number of aryl methyl sites for hydroxylation is 1. The molecule has 3 N–H and O–H groups in total. The standard InChI is InChI=1S/C18H18N6O4S2/c1-9-14(16(28)24(2)3)30-18(20-9)22-13(26)6-11-8-29-17(21-11)23-15(27)10-4-5-12(25)19-7-10/h4-5,7-8H,6H2,1-3H3,(H,19,25)(H,20,22,26)(H,21,23,27). The molecule has 0 aliphatic heterocycles. The molecule has 3 aromatic heterocycles. The first-order valence-corrected chi connectivity index (χ1v) is 10.4. The van der Waals surface area contributed by atoms with Crippen molar-refractivity contribution in [2.75, 3.05) is 24.7 Å². The highest BCUT2D eigenvalue weighted by atomic mass is 32.1. The van der Waals surface area contributed by atoms with Crippen LogP contribution in [0.15, 0.2) is 28.5 Å². The number of pyridine rings is 1. The number of carbonyl (C=O) groups excluding carboxylic acids is 3. The summed E-state index contributed by atoms with van der Waals surface area (Å²) >= 11 is 2.29. The number of hydrogen-bond donors (Lipinski definition) is 3. The van der Waals surface area contributed by atoms with Gasteiger partial charge in [-0.2, -0.15) is 0 Å². The summed E-state index contributed by atoms with van der Waals surface area (Å²) in [5.41, 5.74) is 1.01. The van der Waals surface area contributed by atoms with Gasteiger partial charge < -0.3 is 15.2 Å². The van der Waals surface area contributed by atoms with Crippen molar-refractivity contribution >= 4 is 50.7 Å². The highest BCUT2D eigenvalue weighted by Gasteiger charge is 2.18. The molecular weight excluding hydrogens is 428 g/mol. The largest absolute Gasteiger partial charge is 0.344 e. The number of amides is 3. The molecular formula is C18H18N6O4S2. The van der Waals surface area contributed by atoms with Gasteiger partial charge in [0.2, 0.25) is 11.5 Å². The van der Waals surface area contributed by atoms with Crippen LogP contribution in [-0.2, 0) is 11.2 Å². The molecule has 0 unspecified atom stereocenters. The van der Waals surface area contributed by atoms with Gasteiger partial charge in [0.05, 0.1) is 23.4 Å². The molecule has 0 spiro atoms. The Morgan fingerprint density at radius 1 is 1.13 bits per heavy atom. The van der Waals surface area contributed by atoms with Crippen LogP contribution in [-0.4, -0.2) is 51.7 Å². The van der Waals surface area contributed by atoms with Crippen molar-refractivity contribution in [3.05, 3.63) is 55.9 Å². The van der Waals surface area contributed by atoms with Crippen molar-refractivity contribution in [3.8, 4) is 0 Å². The average Bonchev–Trinajstić information content (AvgIpc) is 3.27. The van der Waals surface area contributed by atoms with E-state index in [1.807, 2.05) is 0 Å². The minimum absolute atomic E-state index is 0.0133. The predicted molar refractivity (Wildman–Crippen MR) is 114 cm³/mol. The maximum Gasteiger partial charge on any atom is 0.265 e. The quantitative estimate of drug-likeness (QED) is 0.527. The number of anilines is 2. The Kier molecular flexibility index (Phi) is 6.37. The van der Waals surface area contributed by atoms with E-state index < -0.39 is 5.91 Å². The molecule has 0 fully saturated rings. The van der Waals surface area contributed by atoms with E-state index in [9.17, 15) is 19.2 Å². The zero-order chi connectivity index (χ0) is 21.8. The predicted octanol–water partition coefficient (Wildman–Crippen LogP) is 1.73. The number of H-pyrrole nitrogens is 1. The maximum atomic E-state index is 12.3. The van der Waals surface area contributed by atoms with E-state index in [4.69, 9.17) is 0 Å². The molecule has 0 radical (unpaired) electrons. The Balaban J connectivity index is 1.59. The van der Waals surface area contributed by atoms with Crippen LogP contribution in [0.5, 0.6) is 0 Å². The smallest absolute Gasteiger partial charge is 0.265 e. The number of hydrogen-bond acceptors (Lipinski definition) is 8. The fourth-order valence-corrected chi connectivity index (χ4v) is 4.06. The molecule has 0 saturated heterocycles. The maximum absolute atomic E-state index is 12.3. The van der Waals surface area contributed by atoms with Crippen molar-refractivity contribution in [1.82, 2.24) is 19.9 Å². The van der Waals surface area contributed by atoms with Crippen molar-refractivity contribution in [3.63, 3.8) is 0 Å². The number of rotatable bonds is 6. The third-order valence-electron chi connectivity index (χ3n) is 3.80. The van der Waals surface area contributed by atoms with Crippen LogP contribution in [0.1, 0.15) is 31.4 Å². The Morgan fingerprint density at radius 3 is 2.57 bits per heavy atom. The van der Waals surface area contributed by atoms with Gasteiger partial charge in [0.25, 0.3) is 11.8 Å². The highest BCUT2D eigenvalue weighted by Crippen LogP contribution is 2.24. The van der Waals surface area contributed by atoms with Gasteiger partial charge in [0, 0.05) is 31.7 Å². The van der Waals surface area contributed by atoms with Crippen molar-refractivity contribution in [2.45, 2.75) is 13.3 Å². The lowest BCUT2D eigenvalue weighted by molar-refractivity contribution is -0.115. The second kappa shape index (κ2) is 8.97. The van der Waals surface area contributed by atoms with Gasteiger partial charge in [0.15, 0.2) is 10.3 Å². The van der Waals surface area contributed by atoms with E-state index in [0.29, 0.717) is 26.5 Å². The average molecular weight is 447 g/mol. The van der Waals surface area contributed by atoms with Gasteiger partial charge in [-0.3, -0.25) is 24.5 Å². The van der Waals surface area contributed by atoms with Gasteiger partial charge in [-0.25, -0.2) is 9.97 Å². The van der Waals surface area contributed by atoms with E-state index in [1.165, 1.54) is 34.6 Å². The highest BCUT2D eigenvalue weighted by molar-refractivity contribution is 7.17. The van der Waals surface area contributed by atoms with Crippen LogP contribution in [0.2, 0.25) is 0 Å². The summed E-state index contributed by atoms with van der Waals surface area (Å²) in [5, 5.41) is 7.62. The lowest BCUT2D eigenvalue weighted by atomic mass is 10.3. The Hall–Kier alpha value is -3.38. The van der Waals surface area contributed by atoms with Crippen LogP contribution in [0.25, 0.3) is 0 Å². The normalized spacial score (nSPS) is 10.5. The summed E-state index contributed by atoms with van der Waals surface area (Å²) < 4.78 is 0. The summed E-state index contributed by atoms with van der Waals surface area (Å²) in [6.45, 7) is 1.71. The van der Waals surface area contributed by atoms with Gasteiger partial charge in [0.1, 0.15) is 4.88 Å². The molecule has 3 aromatic rings. The van der Waals surface area contributed by atoms with Crippen LogP contribution in [0.3, 0.4) is 0 Å². The van der Waals surface area contributed by atoms with Crippen molar-refractivity contribution < 1.29 is 14.4 Å². The number of carbonyl (C=O) groups is 3. The molecule has 0 saturated carbocycles. The summed E-state index contributed by atoms with van der Waals surface area (Å²) in [6, 6.07) is 2.66. The summed E-state index contributed by atoms with van der Waals surface area (Å²) in [7, 11) is 3.30. The Labute approximate surface area is 179 Å². The fourth-order valence-electron chi connectivity index (χ4n) is 2.35. The SMILES string of the molecule is Cc1nc(NC(=O)Cc2csc(NC(=O)c3ccc(=O)[nH]c3)n2)sc1C(=O)N(C)C. The Bertz CT molecular complexity index is 1140. The van der Waals surface area contributed by atoms with E-state index >= 15 is 0 Å². The topological polar surface area (TPSA) is 137 Å². The van der Waals surface area contributed by atoms with Crippen molar-refractivity contribution in [1.29, 1.82) is 0 Å². The van der Waals surface area contributed by atoms with Crippen molar-refractivity contribution in [2.24, 2.45) is 0 Å². The van der Waals surface area contributed by atoms with Gasteiger partial charge in [-0.05, 0) is 13.0 Å². The van der Waals surface area contributed by atoms with Gasteiger partial charge in [-0.15, -0.1) is 11.3 Å². The fraction of sp³-hybridized carbons (Fsp3) is 0.222. The van der Waals surface area contributed by atoms with E-state index in [2.05, 4.69) is 25.6 Å². The van der Waals surface area contributed by atoms with E-state index in [0.717, 1.165) is 11.3 Å².